The average molecular weight is 446 g/mol. The van der Waals surface area contributed by atoms with E-state index in [2.05, 4.69) is 19.7 Å². The molecular formula is C18H23N9O3S. The topological polar surface area (TPSA) is 203 Å². The minimum atomic E-state index is -3.76. The van der Waals surface area contributed by atoms with Crippen molar-refractivity contribution >= 4 is 38.8 Å². The number of para-hydroxylation sites is 1. The van der Waals surface area contributed by atoms with Crippen molar-refractivity contribution < 1.29 is 13.2 Å². The third-order valence-corrected chi connectivity index (χ3v) is 6.15. The fourth-order valence-corrected chi connectivity index (χ4v) is 4.18. The molecule has 1 saturated heterocycles. The number of imidazole rings is 1. The summed E-state index contributed by atoms with van der Waals surface area (Å²) < 4.78 is 34.8. The molecule has 1 aliphatic heterocycles. The summed E-state index contributed by atoms with van der Waals surface area (Å²) in [6, 6.07) is 5.68. The van der Waals surface area contributed by atoms with E-state index in [9.17, 15) is 8.42 Å². The minimum absolute atomic E-state index is 0.0634. The number of rotatable bonds is 6. The molecule has 0 bridgehead atoms. The molecule has 3 aromatic rings. The van der Waals surface area contributed by atoms with Crippen LogP contribution in [0.5, 0.6) is 0 Å². The van der Waals surface area contributed by atoms with E-state index in [0.29, 0.717) is 22.4 Å². The molecule has 3 heterocycles. The average Bonchev–Trinajstić information content (AvgIpc) is 3.29. The molecule has 4 atom stereocenters. The molecule has 0 radical (unpaired) electrons. The van der Waals surface area contributed by atoms with E-state index in [1.165, 1.54) is 18.7 Å². The molecular weight excluding hydrogens is 422 g/mol. The smallest absolute Gasteiger partial charge is 0.233 e. The molecule has 0 saturated carbocycles. The Morgan fingerprint density at radius 3 is 2.68 bits per heavy atom. The first-order valence-corrected chi connectivity index (χ1v) is 10.9. The largest absolute Gasteiger partial charge is 0.398 e. The Morgan fingerprint density at radius 1 is 1.13 bits per heavy atom. The number of hydrogen-bond donors (Lipinski definition) is 5. The lowest BCUT2D eigenvalue weighted by molar-refractivity contribution is 0.000837. The summed E-state index contributed by atoms with van der Waals surface area (Å²) in [5.41, 5.74) is 26.0. The summed E-state index contributed by atoms with van der Waals surface area (Å²) in [5, 5.41) is 1.04. The van der Waals surface area contributed by atoms with Crippen molar-refractivity contribution in [2.24, 2.45) is 11.5 Å². The highest BCUT2D eigenvalue weighted by atomic mass is 32.2. The Kier molecular flexibility index (Phi) is 5.60. The summed E-state index contributed by atoms with van der Waals surface area (Å²) in [5.74, 6) is 0.231. The maximum Gasteiger partial charge on any atom is 0.233 e. The second kappa shape index (κ2) is 8.20. The molecule has 0 aliphatic carbocycles. The van der Waals surface area contributed by atoms with E-state index in [-0.39, 0.29) is 12.4 Å². The van der Waals surface area contributed by atoms with E-state index in [0.717, 1.165) is 5.41 Å². The maximum absolute atomic E-state index is 12.4. The fraction of sp³-hybridized carbons (Fsp3) is 0.278. The molecule has 164 valence electrons. The van der Waals surface area contributed by atoms with E-state index in [1.54, 1.807) is 28.8 Å². The molecule has 0 unspecified atom stereocenters. The molecule has 9 N–H and O–H groups in total. The third-order valence-electron chi connectivity index (χ3n) is 5.09. The van der Waals surface area contributed by atoms with Crippen molar-refractivity contribution in [2.45, 2.75) is 24.4 Å². The van der Waals surface area contributed by atoms with Crippen LogP contribution in [0.1, 0.15) is 11.8 Å². The summed E-state index contributed by atoms with van der Waals surface area (Å²) in [6.45, 7) is -0.0634. The van der Waals surface area contributed by atoms with Crippen LogP contribution in [0.2, 0.25) is 0 Å². The second-order valence-corrected chi connectivity index (χ2v) is 8.78. The van der Waals surface area contributed by atoms with Gasteiger partial charge in [0.05, 0.1) is 24.5 Å². The van der Waals surface area contributed by atoms with Crippen LogP contribution >= 0.6 is 0 Å². The third kappa shape index (κ3) is 4.22. The van der Waals surface area contributed by atoms with E-state index >= 15 is 0 Å². The number of benzene rings is 1. The zero-order valence-corrected chi connectivity index (χ0v) is 17.2. The first-order chi connectivity index (χ1) is 14.8. The number of aromatic nitrogens is 4. The van der Waals surface area contributed by atoms with Crippen molar-refractivity contribution in [2.75, 3.05) is 18.0 Å². The van der Waals surface area contributed by atoms with Crippen molar-refractivity contribution in [3.8, 4) is 0 Å². The lowest BCUT2D eigenvalue weighted by atomic mass is 10.1. The molecule has 2 aromatic heterocycles. The van der Waals surface area contributed by atoms with E-state index in [1.807, 2.05) is 0 Å². The van der Waals surface area contributed by atoms with Crippen molar-refractivity contribution in [1.29, 1.82) is 0 Å². The van der Waals surface area contributed by atoms with Crippen LogP contribution in [-0.2, 0) is 14.8 Å². The van der Waals surface area contributed by atoms with Crippen molar-refractivity contribution in [1.82, 2.24) is 24.2 Å². The lowest BCUT2D eigenvalue weighted by Gasteiger charge is -2.17. The Labute approximate surface area is 178 Å². The van der Waals surface area contributed by atoms with Crippen LogP contribution in [0.4, 0.5) is 11.5 Å². The van der Waals surface area contributed by atoms with Crippen LogP contribution in [0.15, 0.2) is 42.3 Å². The lowest BCUT2D eigenvalue weighted by Crippen LogP contribution is -2.48. The predicted molar refractivity (Wildman–Crippen MR) is 116 cm³/mol. The summed E-state index contributed by atoms with van der Waals surface area (Å²) in [7, 11) is -3.76. The van der Waals surface area contributed by atoms with Crippen LogP contribution < -0.4 is 27.7 Å². The number of fused-ring (bicyclic) bond motifs is 1. The second-order valence-electron chi connectivity index (χ2n) is 7.13. The van der Waals surface area contributed by atoms with Gasteiger partial charge in [-0.2, -0.15) is 0 Å². The number of nitrogen functional groups attached to an aromatic ring is 2. The number of hydrogen-bond acceptors (Lipinski definition) is 10. The summed E-state index contributed by atoms with van der Waals surface area (Å²) >= 11 is 0. The molecule has 0 spiro atoms. The van der Waals surface area contributed by atoms with Gasteiger partial charge in [-0.25, -0.2) is 28.1 Å². The Morgan fingerprint density at radius 2 is 1.90 bits per heavy atom. The standard InChI is InChI=1S/C18H23N9O3S/c19-11-4-2-1-3-10(11)5-6-31(28,29)26-7-12-13(20)14(21)18(30-12)27-9-25-15-16(22)23-8-24-17(15)27/h1-6,8-9,12-14,18,26H,7,19-21H2,(H2,22,23,24)/b6-5+/t12-,13-,14-,18-/m1/s1. The molecule has 13 heteroatoms. The monoisotopic (exact) mass is 445 g/mol. The van der Waals surface area contributed by atoms with E-state index < -0.39 is 34.4 Å². The summed E-state index contributed by atoms with van der Waals surface area (Å²) in [6.07, 6.45) is 2.87. The quantitative estimate of drug-likeness (QED) is 0.297. The zero-order chi connectivity index (χ0) is 22.2. The molecule has 0 amide bonds. The van der Waals surface area contributed by atoms with Gasteiger partial charge in [0, 0.05) is 17.6 Å². The van der Waals surface area contributed by atoms with Gasteiger partial charge >= 0.3 is 0 Å². The highest BCUT2D eigenvalue weighted by Crippen LogP contribution is 2.29. The fourth-order valence-electron chi connectivity index (χ4n) is 3.36. The van der Waals surface area contributed by atoms with Gasteiger partial charge < -0.3 is 27.7 Å². The minimum Gasteiger partial charge on any atom is -0.398 e. The SMILES string of the molecule is Nc1ccccc1/C=C/S(=O)(=O)NC[C@H]1O[C@@H](n2cnc3c(N)ncnc32)[C@H](N)[C@@H]1N. The van der Waals surface area contributed by atoms with Gasteiger partial charge in [-0.05, 0) is 17.7 Å². The van der Waals surface area contributed by atoms with Gasteiger partial charge in [0.1, 0.15) is 11.8 Å². The van der Waals surface area contributed by atoms with Gasteiger partial charge in [0.15, 0.2) is 17.7 Å². The molecule has 1 aromatic carbocycles. The number of nitrogens with one attached hydrogen (secondary N) is 1. The van der Waals surface area contributed by atoms with Crippen LogP contribution in [0.3, 0.4) is 0 Å². The number of anilines is 2. The number of sulfonamides is 1. The normalized spacial score (nSPS) is 24.3. The summed E-state index contributed by atoms with van der Waals surface area (Å²) in [4.78, 5) is 12.3. The van der Waals surface area contributed by atoms with E-state index in [4.69, 9.17) is 27.7 Å². The Hall–Kier alpha value is -3.10. The molecule has 4 rings (SSSR count). The number of nitrogens with zero attached hydrogens (tertiary/aromatic N) is 4. The predicted octanol–water partition coefficient (Wildman–Crippen LogP) is -0.867. The van der Waals surface area contributed by atoms with Gasteiger partial charge in [-0.3, -0.25) is 4.57 Å². The van der Waals surface area contributed by atoms with Crippen LogP contribution in [0.25, 0.3) is 17.2 Å². The maximum atomic E-state index is 12.4. The van der Waals surface area contributed by atoms with Crippen LogP contribution in [-0.4, -0.2) is 52.7 Å². The molecule has 1 aliphatic rings. The first kappa shape index (κ1) is 21.1. The van der Waals surface area contributed by atoms with Gasteiger partial charge in [-0.15, -0.1) is 0 Å². The van der Waals surface area contributed by atoms with Crippen LogP contribution in [0, 0.1) is 0 Å². The Balaban J connectivity index is 1.46. The first-order valence-electron chi connectivity index (χ1n) is 9.39. The number of ether oxygens (including phenoxy) is 1. The highest BCUT2D eigenvalue weighted by Gasteiger charge is 2.42. The number of nitrogens with two attached hydrogens (primary N) is 4. The zero-order valence-electron chi connectivity index (χ0n) is 16.4. The Bertz CT molecular complexity index is 1230. The van der Waals surface area contributed by atoms with Gasteiger partial charge in [-0.1, -0.05) is 18.2 Å². The highest BCUT2D eigenvalue weighted by molar-refractivity contribution is 7.92. The van der Waals surface area contributed by atoms with Gasteiger partial charge in [0.25, 0.3) is 0 Å². The van der Waals surface area contributed by atoms with Crippen molar-refractivity contribution in [3.05, 3.63) is 47.9 Å². The van der Waals surface area contributed by atoms with Gasteiger partial charge in [0.2, 0.25) is 10.0 Å². The molecule has 1 fully saturated rings. The molecule has 12 nitrogen and oxygen atoms in total. The van der Waals surface area contributed by atoms with Crippen molar-refractivity contribution in [3.63, 3.8) is 0 Å². The molecule has 31 heavy (non-hydrogen) atoms.